The number of rotatable bonds is 7. The number of hydrogen-bond acceptors (Lipinski definition) is 8. The van der Waals surface area contributed by atoms with Crippen molar-refractivity contribution in [2.75, 3.05) is 24.7 Å². The zero-order valence-corrected chi connectivity index (χ0v) is 16.7. The highest BCUT2D eigenvalue weighted by Crippen LogP contribution is 2.38. The van der Waals surface area contributed by atoms with Crippen molar-refractivity contribution in [3.63, 3.8) is 0 Å². The van der Waals surface area contributed by atoms with E-state index in [4.69, 9.17) is 8.85 Å². The lowest BCUT2D eigenvalue weighted by atomic mass is 10.1. The summed E-state index contributed by atoms with van der Waals surface area (Å²) in [6.07, 6.45) is 3.33. The van der Waals surface area contributed by atoms with Gasteiger partial charge in [-0.2, -0.15) is 0 Å². The molecule has 2 amide bonds. The van der Waals surface area contributed by atoms with Crippen molar-refractivity contribution in [2.45, 2.75) is 12.8 Å². The third kappa shape index (κ3) is 4.08. The second-order valence-electron chi connectivity index (χ2n) is 6.63. The first-order chi connectivity index (χ1) is 15.7. The molecule has 30 heavy (non-hydrogen) atoms. The van der Waals surface area contributed by atoms with Crippen LogP contribution >= 0.6 is 11.5 Å². The van der Waals surface area contributed by atoms with Crippen LogP contribution in [0.15, 0.2) is 35.8 Å². The Balaban J connectivity index is 1.72. The Hall–Kier alpha value is -3.53. The fourth-order valence-corrected chi connectivity index (χ4v) is 3.45. The molecule has 1 fully saturated rings. The fraction of sp³-hybridized carbons (Fsp3) is 0.250. The molecule has 1 aliphatic carbocycles. The first-order valence-corrected chi connectivity index (χ1v) is 9.93. The monoisotopic (exact) mass is 427 g/mol. The molecular weight excluding hydrogens is 404 g/mol. The first kappa shape index (κ1) is 16.3. The number of hydrogen-bond donors (Lipinski definition) is 3. The van der Waals surface area contributed by atoms with Gasteiger partial charge in [0, 0.05) is 45.8 Å². The highest BCUT2D eigenvalue weighted by molar-refractivity contribution is 7.03. The lowest BCUT2D eigenvalue weighted by Crippen LogP contribution is -2.22. The van der Waals surface area contributed by atoms with E-state index in [1.807, 2.05) is 16.8 Å². The van der Waals surface area contributed by atoms with Crippen LogP contribution < -0.4 is 20.7 Å². The van der Waals surface area contributed by atoms with E-state index >= 15 is 0 Å². The number of amides is 2. The van der Waals surface area contributed by atoms with Crippen LogP contribution in [-0.2, 0) is 4.79 Å². The fourth-order valence-electron chi connectivity index (χ4n) is 2.91. The Morgan fingerprint density at radius 2 is 2.13 bits per heavy atom. The number of carbonyl (C=O) groups is 2. The van der Waals surface area contributed by atoms with Crippen LogP contribution in [0.3, 0.4) is 0 Å². The summed E-state index contributed by atoms with van der Waals surface area (Å²) in [5, 5.41) is 17.3. The maximum absolute atomic E-state index is 12.6. The summed E-state index contributed by atoms with van der Waals surface area (Å²) in [6.45, 7) is -2.71. The summed E-state index contributed by atoms with van der Waals surface area (Å²) < 4.78 is 31.7. The first-order valence-electron chi connectivity index (χ1n) is 10.6. The molecule has 3 N–H and O–H groups in total. The lowest BCUT2D eigenvalue weighted by Gasteiger charge is -2.16. The zero-order valence-electron chi connectivity index (χ0n) is 18.9. The SMILES string of the molecule is [2H]C([2H])([2H])NC(=O)c1nnc(NC(=O)C2CC2)cc1Nc1cccc(-c2cnsc2)c1OC. The average molecular weight is 428 g/mol. The normalized spacial score (nSPS) is 14.8. The summed E-state index contributed by atoms with van der Waals surface area (Å²) >= 11 is 1.30. The van der Waals surface area contributed by atoms with Crippen LogP contribution in [0.4, 0.5) is 17.2 Å². The number of carbonyl (C=O) groups excluding carboxylic acids is 2. The van der Waals surface area contributed by atoms with Crippen molar-refractivity contribution in [3.8, 4) is 16.9 Å². The van der Waals surface area contributed by atoms with Crippen molar-refractivity contribution in [1.82, 2.24) is 19.9 Å². The minimum absolute atomic E-state index is 0.0576. The van der Waals surface area contributed by atoms with Gasteiger partial charge < -0.3 is 20.7 Å². The van der Waals surface area contributed by atoms with E-state index in [1.165, 1.54) is 24.7 Å². The maximum atomic E-state index is 12.6. The standard InChI is InChI=1S/C20H20N6O3S/c1-21-20(28)17-15(8-16(25-26-17)24-19(27)11-6-7-11)23-14-5-3-4-13(18(14)29-2)12-9-22-30-10-12/h3-5,8-11H,6-7H2,1-2H3,(H,21,28)(H2,23,24,25,27)/i1D3. The third-order valence-electron chi connectivity index (χ3n) is 4.55. The van der Waals surface area contributed by atoms with Gasteiger partial charge in [-0.15, -0.1) is 10.2 Å². The molecule has 0 saturated heterocycles. The van der Waals surface area contributed by atoms with E-state index in [2.05, 4.69) is 25.2 Å². The van der Waals surface area contributed by atoms with Gasteiger partial charge in [0.05, 0.1) is 18.5 Å². The highest BCUT2D eigenvalue weighted by atomic mass is 32.1. The molecule has 2 heterocycles. The average Bonchev–Trinajstić information content (AvgIpc) is 3.47. The van der Waals surface area contributed by atoms with Crippen molar-refractivity contribution in [2.24, 2.45) is 5.92 Å². The molecule has 0 aliphatic heterocycles. The maximum Gasteiger partial charge on any atom is 0.273 e. The smallest absolute Gasteiger partial charge is 0.273 e. The predicted molar refractivity (Wildman–Crippen MR) is 114 cm³/mol. The van der Waals surface area contributed by atoms with Crippen molar-refractivity contribution >= 4 is 40.5 Å². The van der Waals surface area contributed by atoms with Gasteiger partial charge in [0.15, 0.2) is 11.5 Å². The van der Waals surface area contributed by atoms with Crippen molar-refractivity contribution in [3.05, 3.63) is 41.5 Å². The number of nitrogens with zero attached hydrogens (tertiary/aromatic N) is 3. The number of benzene rings is 1. The van der Waals surface area contributed by atoms with Crippen molar-refractivity contribution in [1.29, 1.82) is 0 Å². The van der Waals surface area contributed by atoms with Crippen LogP contribution in [0, 0.1) is 5.92 Å². The second kappa shape index (κ2) is 8.46. The Labute approximate surface area is 181 Å². The van der Waals surface area contributed by atoms with Gasteiger partial charge in [-0.25, -0.2) is 4.37 Å². The van der Waals surface area contributed by atoms with Crippen LogP contribution in [0.5, 0.6) is 5.75 Å². The summed E-state index contributed by atoms with van der Waals surface area (Å²) in [5.41, 5.74) is 2.02. The molecule has 0 spiro atoms. The summed E-state index contributed by atoms with van der Waals surface area (Å²) in [6, 6.07) is 6.82. The molecule has 1 aliphatic rings. The van der Waals surface area contributed by atoms with Crippen LogP contribution in [0.1, 0.15) is 27.4 Å². The van der Waals surface area contributed by atoms with E-state index in [1.54, 1.807) is 18.3 Å². The van der Waals surface area contributed by atoms with Gasteiger partial charge in [-0.05, 0) is 30.4 Å². The molecule has 154 valence electrons. The molecule has 0 bridgehead atoms. The van der Waals surface area contributed by atoms with Gasteiger partial charge in [-0.1, -0.05) is 12.1 Å². The summed E-state index contributed by atoms with van der Waals surface area (Å²) in [4.78, 5) is 24.7. The molecule has 0 atom stereocenters. The molecule has 3 aromatic rings. The Bertz CT molecular complexity index is 1180. The molecular formula is C20H20N6O3S. The van der Waals surface area contributed by atoms with Crippen LogP contribution in [-0.4, -0.2) is 40.5 Å². The van der Waals surface area contributed by atoms with E-state index in [-0.39, 0.29) is 29.0 Å². The largest absolute Gasteiger partial charge is 0.494 e. The van der Waals surface area contributed by atoms with Gasteiger partial charge in [0.25, 0.3) is 5.91 Å². The van der Waals surface area contributed by atoms with Gasteiger partial charge in [0.1, 0.15) is 5.75 Å². The second-order valence-corrected chi connectivity index (χ2v) is 7.29. The topological polar surface area (TPSA) is 118 Å². The molecule has 2 aromatic heterocycles. The van der Waals surface area contributed by atoms with E-state index in [0.717, 1.165) is 24.0 Å². The quantitative estimate of drug-likeness (QED) is 0.530. The highest BCUT2D eigenvalue weighted by Gasteiger charge is 2.30. The van der Waals surface area contributed by atoms with Gasteiger partial charge in [0.2, 0.25) is 5.91 Å². The molecule has 0 radical (unpaired) electrons. The Morgan fingerprint density at radius 3 is 2.83 bits per heavy atom. The Kier molecular flexibility index (Phi) is 4.59. The number of para-hydroxylation sites is 1. The molecule has 0 unspecified atom stereocenters. The zero-order chi connectivity index (χ0) is 23.6. The van der Waals surface area contributed by atoms with Gasteiger partial charge >= 0.3 is 0 Å². The minimum atomic E-state index is -2.71. The predicted octanol–water partition coefficient (Wildman–Crippen LogP) is 3.06. The third-order valence-corrected chi connectivity index (χ3v) is 5.14. The Morgan fingerprint density at radius 1 is 1.27 bits per heavy atom. The minimum Gasteiger partial charge on any atom is -0.494 e. The molecule has 9 nitrogen and oxygen atoms in total. The molecule has 4 rings (SSSR count). The summed E-state index contributed by atoms with van der Waals surface area (Å²) in [7, 11) is 1.51. The number of aromatic nitrogens is 3. The van der Waals surface area contributed by atoms with E-state index in [0.29, 0.717) is 11.4 Å². The molecule has 1 saturated carbocycles. The van der Waals surface area contributed by atoms with Crippen molar-refractivity contribution < 1.29 is 18.4 Å². The number of nitrogens with one attached hydrogen (secondary N) is 3. The van der Waals surface area contributed by atoms with Crippen LogP contribution in [0.2, 0.25) is 0 Å². The number of methoxy groups -OCH3 is 1. The molecule has 1 aromatic carbocycles. The lowest BCUT2D eigenvalue weighted by molar-refractivity contribution is -0.117. The molecule has 10 heteroatoms. The van der Waals surface area contributed by atoms with Gasteiger partial charge in [-0.3, -0.25) is 9.59 Å². The van der Waals surface area contributed by atoms with E-state index in [9.17, 15) is 9.59 Å². The number of ether oxygens (including phenoxy) is 1. The van der Waals surface area contributed by atoms with Crippen LogP contribution in [0.25, 0.3) is 11.1 Å². The summed E-state index contributed by atoms with van der Waals surface area (Å²) in [5.74, 6) is -0.559. The van der Waals surface area contributed by atoms with E-state index < -0.39 is 12.9 Å². The number of anilines is 3.